The molecule has 4 aromatic carbocycles. The molecule has 1 N–H and O–H groups in total. The lowest BCUT2D eigenvalue weighted by Gasteiger charge is -2.34. The Balaban J connectivity index is 1.80. The Labute approximate surface area is 277 Å². The molecule has 0 saturated heterocycles. The highest BCUT2D eigenvalue weighted by atomic mass is 32.2. The first-order valence-corrected chi connectivity index (χ1v) is 17.2. The Morgan fingerprint density at radius 3 is 2.17 bits per heavy atom. The van der Waals surface area contributed by atoms with E-state index >= 15 is 0 Å². The maximum absolute atomic E-state index is 14.6. The molecule has 4 aromatic rings. The van der Waals surface area contributed by atoms with E-state index in [4.69, 9.17) is 4.74 Å². The van der Waals surface area contributed by atoms with Crippen LogP contribution in [0.3, 0.4) is 0 Å². The number of nitrogens with zero attached hydrogens (tertiary/aromatic N) is 2. The van der Waals surface area contributed by atoms with Crippen LogP contribution in [0.25, 0.3) is 0 Å². The molecular weight excluding hydrogens is 617 g/mol. The predicted octanol–water partition coefficient (Wildman–Crippen LogP) is 6.28. The zero-order valence-corrected chi connectivity index (χ0v) is 27.9. The summed E-state index contributed by atoms with van der Waals surface area (Å²) < 4.78 is 48.6. The number of benzene rings is 4. The Morgan fingerprint density at radius 2 is 1.53 bits per heavy atom. The van der Waals surface area contributed by atoms with Crippen molar-refractivity contribution in [2.75, 3.05) is 24.0 Å². The number of carbonyl (C=O) groups excluding carboxylic acids is 2. The summed E-state index contributed by atoms with van der Waals surface area (Å²) in [6.07, 6.45) is 1.88. The Kier molecular flexibility index (Phi) is 12.5. The molecule has 0 aliphatic rings. The van der Waals surface area contributed by atoms with Crippen molar-refractivity contribution in [1.29, 1.82) is 0 Å². The first-order valence-electron chi connectivity index (χ1n) is 15.8. The summed E-state index contributed by atoms with van der Waals surface area (Å²) in [5.41, 5.74) is 2.83. The molecule has 0 radical (unpaired) electrons. The fourth-order valence-electron chi connectivity index (χ4n) is 5.17. The van der Waals surface area contributed by atoms with Crippen LogP contribution in [0, 0.1) is 12.7 Å². The quantitative estimate of drug-likeness (QED) is 0.143. The van der Waals surface area contributed by atoms with E-state index in [0.29, 0.717) is 18.9 Å². The van der Waals surface area contributed by atoms with Crippen molar-refractivity contribution in [1.82, 2.24) is 10.2 Å². The van der Waals surface area contributed by atoms with Crippen molar-refractivity contribution in [3.63, 3.8) is 0 Å². The second kappa shape index (κ2) is 16.7. The van der Waals surface area contributed by atoms with Crippen LogP contribution in [0.1, 0.15) is 43.4 Å². The van der Waals surface area contributed by atoms with Crippen LogP contribution in [0.4, 0.5) is 10.1 Å². The number of halogens is 1. The van der Waals surface area contributed by atoms with Crippen molar-refractivity contribution < 1.29 is 27.1 Å². The van der Waals surface area contributed by atoms with Crippen molar-refractivity contribution in [2.45, 2.75) is 57.5 Å². The maximum Gasteiger partial charge on any atom is 0.264 e. The fraction of sp³-hybridized carbons (Fsp3) is 0.297. The molecule has 0 aromatic heterocycles. The lowest BCUT2D eigenvalue weighted by atomic mass is 10.0. The van der Waals surface area contributed by atoms with Gasteiger partial charge in [-0.05, 0) is 85.5 Å². The second-order valence-electron chi connectivity index (χ2n) is 11.2. The molecular formula is C37H42FN3O5S. The molecule has 8 nitrogen and oxygen atoms in total. The number of amides is 2. The number of hydrogen-bond donors (Lipinski definition) is 1. The van der Waals surface area contributed by atoms with E-state index in [9.17, 15) is 22.4 Å². The minimum absolute atomic E-state index is 0.0813. The molecule has 0 fully saturated rings. The SMILES string of the molecule is CCCCNC(=O)[C@@H](Cc1ccccc1)N(Cc1ccccc1C)C(=O)CN(c1ccc(OCC)cc1)S(=O)(=O)c1ccc(F)cc1. The number of nitrogens with one attached hydrogen (secondary N) is 1. The first kappa shape index (κ1) is 35.2. The van der Waals surface area contributed by atoms with Gasteiger partial charge in [0, 0.05) is 19.5 Å². The summed E-state index contributed by atoms with van der Waals surface area (Å²) in [5.74, 6) is -0.943. The van der Waals surface area contributed by atoms with Crippen LogP contribution in [-0.2, 0) is 32.6 Å². The molecule has 2 amide bonds. The van der Waals surface area contributed by atoms with Gasteiger partial charge in [0.15, 0.2) is 0 Å². The first-order chi connectivity index (χ1) is 22.6. The van der Waals surface area contributed by atoms with Crippen molar-refractivity contribution in [3.05, 3.63) is 126 Å². The maximum atomic E-state index is 14.6. The molecule has 0 heterocycles. The zero-order valence-electron chi connectivity index (χ0n) is 27.1. The lowest BCUT2D eigenvalue weighted by Crippen LogP contribution is -2.53. The van der Waals surface area contributed by atoms with E-state index in [1.54, 1.807) is 24.3 Å². The van der Waals surface area contributed by atoms with Gasteiger partial charge in [-0.3, -0.25) is 13.9 Å². The normalized spacial score (nSPS) is 11.8. The summed E-state index contributed by atoms with van der Waals surface area (Å²) in [5, 5.41) is 2.99. The molecule has 47 heavy (non-hydrogen) atoms. The van der Waals surface area contributed by atoms with Gasteiger partial charge in [-0.1, -0.05) is 67.9 Å². The van der Waals surface area contributed by atoms with Crippen LogP contribution in [0.15, 0.2) is 108 Å². The van der Waals surface area contributed by atoms with Gasteiger partial charge in [-0.2, -0.15) is 0 Å². The van der Waals surface area contributed by atoms with E-state index in [2.05, 4.69) is 5.32 Å². The predicted molar refractivity (Wildman–Crippen MR) is 182 cm³/mol. The van der Waals surface area contributed by atoms with Crippen LogP contribution in [0.5, 0.6) is 5.75 Å². The number of rotatable bonds is 16. The number of aryl methyl sites for hydroxylation is 1. The summed E-state index contributed by atoms with van der Waals surface area (Å²) in [6.45, 7) is 6.14. The molecule has 0 aliphatic heterocycles. The Morgan fingerprint density at radius 1 is 0.872 bits per heavy atom. The Hall–Kier alpha value is -4.70. The fourth-order valence-corrected chi connectivity index (χ4v) is 6.58. The van der Waals surface area contributed by atoms with Gasteiger partial charge in [0.05, 0.1) is 17.2 Å². The standard InChI is InChI=1S/C37H42FN3O5S/c1-4-6-24-39-37(43)35(25-29-13-8-7-9-14-29)40(26-30-15-11-10-12-28(30)3)36(42)27-41(32-18-20-33(21-19-32)46-5-2)47(44,45)34-22-16-31(38)17-23-34/h7-23,35H,4-6,24-27H2,1-3H3,(H,39,43)/t35-/m1/s1. The van der Waals surface area contributed by atoms with Crippen LogP contribution in [0.2, 0.25) is 0 Å². The molecule has 0 bridgehead atoms. The third kappa shape index (κ3) is 9.42. The summed E-state index contributed by atoms with van der Waals surface area (Å²) in [7, 11) is -4.35. The number of hydrogen-bond acceptors (Lipinski definition) is 5. The second-order valence-corrected chi connectivity index (χ2v) is 13.1. The average Bonchev–Trinajstić information content (AvgIpc) is 3.07. The van der Waals surface area contributed by atoms with Crippen LogP contribution in [-0.4, -0.2) is 50.9 Å². The third-order valence-corrected chi connectivity index (χ3v) is 9.61. The van der Waals surface area contributed by atoms with E-state index < -0.39 is 34.3 Å². The van der Waals surface area contributed by atoms with Crippen molar-refractivity contribution in [2.24, 2.45) is 0 Å². The van der Waals surface area contributed by atoms with Gasteiger partial charge in [-0.25, -0.2) is 12.8 Å². The van der Waals surface area contributed by atoms with Gasteiger partial charge in [-0.15, -0.1) is 0 Å². The van der Waals surface area contributed by atoms with E-state index in [-0.39, 0.29) is 29.5 Å². The lowest BCUT2D eigenvalue weighted by molar-refractivity contribution is -0.140. The van der Waals surface area contributed by atoms with Crippen LogP contribution < -0.4 is 14.4 Å². The van der Waals surface area contributed by atoms with Gasteiger partial charge < -0.3 is 15.0 Å². The number of ether oxygens (including phenoxy) is 1. The number of anilines is 1. The highest BCUT2D eigenvalue weighted by molar-refractivity contribution is 7.92. The van der Waals surface area contributed by atoms with Gasteiger partial charge in [0.25, 0.3) is 10.0 Å². The van der Waals surface area contributed by atoms with E-state index in [1.807, 2.05) is 75.4 Å². The average molecular weight is 660 g/mol. The molecule has 10 heteroatoms. The molecule has 1 atom stereocenters. The smallest absolute Gasteiger partial charge is 0.264 e. The number of carbonyl (C=O) groups is 2. The largest absolute Gasteiger partial charge is 0.494 e. The van der Waals surface area contributed by atoms with Crippen LogP contribution >= 0.6 is 0 Å². The minimum Gasteiger partial charge on any atom is -0.494 e. The van der Waals surface area contributed by atoms with Crippen molar-refractivity contribution in [3.8, 4) is 5.75 Å². The molecule has 0 spiro atoms. The molecule has 248 valence electrons. The molecule has 0 saturated carbocycles. The molecule has 4 rings (SSSR count). The van der Waals surface area contributed by atoms with Gasteiger partial charge in [0.2, 0.25) is 11.8 Å². The molecule has 0 aliphatic carbocycles. The number of sulfonamides is 1. The topological polar surface area (TPSA) is 96.0 Å². The van der Waals surface area contributed by atoms with Crippen molar-refractivity contribution >= 4 is 27.5 Å². The van der Waals surface area contributed by atoms with E-state index in [1.165, 1.54) is 17.0 Å². The van der Waals surface area contributed by atoms with Gasteiger partial charge >= 0.3 is 0 Å². The van der Waals surface area contributed by atoms with Gasteiger partial charge in [0.1, 0.15) is 24.2 Å². The summed E-state index contributed by atoms with van der Waals surface area (Å²) in [4.78, 5) is 29.7. The highest BCUT2D eigenvalue weighted by Gasteiger charge is 2.34. The Bertz CT molecular complexity index is 1720. The molecule has 0 unspecified atom stereocenters. The zero-order chi connectivity index (χ0) is 33.8. The minimum atomic E-state index is -4.35. The monoisotopic (exact) mass is 659 g/mol. The summed E-state index contributed by atoms with van der Waals surface area (Å²) >= 11 is 0. The highest BCUT2D eigenvalue weighted by Crippen LogP contribution is 2.27. The third-order valence-electron chi connectivity index (χ3n) is 7.82. The number of unbranched alkanes of at least 4 members (excludes halogenated alkanes) is 1. The summed E-state index contributed by atoms with van der Waals surface area (Å²) in [6, 6.07) is 26.9. The van der Waals surface area contributed by atoms with E-state index in [0.717, 1.165) is 46.0 Å².